The summed E-state index contributed by atoms with van der Waals surface area (Å²) in [5, 5.41) is 2.86. The minimum Gasteiger partial charge on any atom is -0.446 e. The van der Waals surface area contributed by atoms with Gasteiger partial charge in [0.2, 0.25) is 11.8 Å². The average molecular weight is 394 g/mol. The molecular weight excluding hydrogens is 354 g/mol. The van der Waals surface area contributed by atoms with Crippen LogP contribution in [-0.2, 0) is 11.3 Å². The van der Waals surface area contributed by atoms with Crippen molar-refractivity contribution in [3.8, 4) is 0 Å². The van der Waals surface area contributed by atoms with E-state index in [9.17, 15) is 9.59 Å². The Morgan fingerprint density at radius 1 is 1.11 bits per heavy atom. The number of carbonyl (C=O) groups excluding carboxylic acids is 2. The Bertz CT molecular complexity index is 581. The van der Waals surface area contributed by atoms with Crippen molar-refractivity contribution in [3.05, 3.63) is 17.8 Å². The van der Waals surface area contributed by atoms with Gasteiger partial charge in [-0.05, 0) is 31.1 Å². The normalized spacial score (nSPS) is 11.2. The molecule has 0 aliphatic carbocycles. The Labute approximate surface area is 170 Å². The van der Waals surface area contributed by atoms with Gasteiger partial charge in [0.05, 0.1) is 6.54 Å². The maximum absolute atomic E-state index is 12.6. The first-order chi connectivity index (χ1) is 13.3. The summed E-state index contributed by atoms with van der Waals surface area (Å²) in [6.45, 7) is 12.3. The van der Waals surface area contributed by atoms with Crippen LogP contribution >= 0.6 is 0 Å². The largest absolute Gasteiger partial charge is 0.446 e. The molecule has 0 atom stereocenters. The van der Waals surface area contributed by atoms with Crippen LogP contribution in [0.3, 0.4) is 0 Å². The number of oxazole rings is 1. The second-order valence-electron chi connectivity index (χ2n) is 8.37. The molecule has 1 aromatic heterocycles. The summed E-state index contributed by atoms with van der Waals surface area (Å²) in [5.41, 5.74) is 0.276. The molecule has 0 saturated carbocycles. The first-order valence-electron chi connectivity index (χ1n) is 10.8. The zero-order chi connectivity index (χ0) is 20.9. The lowest BCUT2D eigenvalue weighted by Crippen LogP contribution is -2.32. The van der Waals surface area contributed by atoms with Gasteiger partial charge in [-0.25, -0.2) is 4.98 Å². The summed E-state index contributed by atoms with van der Waals surface area (Å²) >= 11 is 0. The second-order valence-corrected chi connectivity index (χ2v) is 8.37. The fraction of sp³-hybridized carbons (Fsp3) is 0.773. The van der Waals surface area contributed by atoms with E-state index in [1.54, 1.807) is 0 Å². The predicted molar refractivity (Wildman–Crippen MR) is 112 cm³/mol. The highest BCUT2D eigenvalue weighted by Crippen LogP contribution is 2.13. The summed E-state index contributed by atoms with van der Waals surface area (Å²) < 4.78 is 5.48. The van der Waals surface area contributed by atoms with E-state index in [1.807, 2.05) is 4.90 Å². The van der Waals surface area contributed by atoms with Crippen molar-refractivity contribution in [2.75, 3.05) is 13.1 Å². The zero-order valence-electron chi connectivity index (χ0n) is 18.4. The van der Waals surface area contributed by atoms with E-state index < -0.39 is 0 Å². The molecule has 28 heavy (non-hydrogen) atoms. The van der Waals surface area contributed by atoms with Gasteiger partial charge in [-0.3, -0.25) is 9.59 Å². The fourth-order valence-corrected chi connectivity index (χ4v) is 2.78. The van der Waals surface area contributed by atoms with Crippen LogP contribution in [0.4, 0.5) is 0 Å². The molecule has 0 aromatic carbocycles. The SMILES string of the molecule is CCCCCCC(=O)N(CCC(C)C)Cc1nc(C(=O)NCCC(C)C)co1. The number of hydrogen-bond acceptors (Lipinski definition) is 4. The number of nitrogens with zero attached hydrogens (tertiary/aromatic N) is 2. The molecule has 0 fully saturated rings. The lowest BCUT2D eigenvalue weighted by Gasteiger charge is -2.22. The zero-order valence-corrected chi connectivity index (χ0v) is 18.4. The van der Waals surface area contributed by atoms with E-state index in [0.29, 0.717) is 43.8 Å². The first-order valence-corrected chi connectivity index (χ1v) is 10.8. The van der Waals surface area contributed by atoms with Crippen molar-refractivity contribution in [3.63, 3.8) is 0 Å². The highest BCUT2D eigenvalue weighted by molar-refractivity contribution is 5.91. The van der Waals surface area contributed by atoms with Crippen LogP contribution in [-0.4, -0.2) is 34.8 Å². The van der Waals surface area contributed by atoms with Gasteiger partial charge >= 0.3 is 0 Å². The van der Waals surface area contributed by atoms with Crippen molar-refractivity contribution in [1.29, 1.82) is 0 Å². The number of hydrogen-bond donors (Lipinski definition) is 1. The lowest BCUT2D eigenvalue weighted by atomic mass is 10.1. The van der Waals surface area contributed by atoms with Gasteiger partial charge in [0.1, 0.15) is 6.26 Å². The average Bonchev–Trinajstić information content (AvgIpc) is 3.10. The molecule has 0 spiro atoms. The van der Waals surface area contributed by atoms with Crippen molar-refractivity contribution in [2.45, 2.75) is 86.1 Å². The van der Waals surface area contributed by atoms with E-state index in [-0.39, 0.29) is 17.5 Å². The second kappa shape index (κ2) is 13.3. The standard InChI is InChI=1S/C22H39N3O3/c1-6-7-8-9-10-21(26)25(14-12-18(4)5)15-20-24-19(16-28-20)22(27)23-13-11-17(2)3/h16-18H,6-15H2,1-5H3,(H,23,27). The van der Waals surface area contributed by atoms with E-state index in [1.165, 1.54) is 6.26 Å². The van der Waals surface area contributed by atoms with E-state index in [4.69, 9.17) is 4.42 Å². The van der Waals surface area contributed by atoms with Crippen LogP contribution < -0.4 is 5.32 Å². The van der Waals surface area contributed by atoms with Crippen LogP contribution in [0.15, 0.2) is 10.7 Å². The number of carbonyl (C=O) groups is 2. The molecule has 1 N–H and O–H groups in total. The van der Waals surface area contributed by atoms with E-state index in [2.05, 4.69) is 44.9 Å². The lowest BCUT2D eigenvalue weighted by molar-refractivity contribution is -0.132. The molecule has 0 aliphatic rings. The van der Waals surface area contributed by atoms with E-state index >= 15 is 0 Å². The van der Waals surface area contributed by atoms with Crippen LogP contribution in [0, 0.1) is 11.8 Å². The molecule has 6 heteroatoms. The van der Waals surface area contributed by atoms with E-state index in [0.717, 1.165) is 38.5 Å². The van der Waals surface area contributed by atoms with Gasteiger partial charge in [-0.15, -0.1) is 0 Å². The number of amides is 2. The molecule has 0 saturated heterocycles. The van der Waals surface area contributed by atoms with Gasteiger partial charge < -0.3 is 14.6 Å². The molecule has 2 amide bonds. The maximum Gasteiger partial charge on any atom is 0.273 e. The Kier molecular flexibility index (Phi) is 11.5. The van der Waals surface area contributed by atoms with Crippen LogP contribution in [0.2, 0.25) is 0 Å². The summed E-state index contributed by atoms with van der Waals surface area (Å²) in [6, 6.07) is 0. The van der Waals surface area contributed by atoms with Gasteiger partial charge in [0.25, 0.3) is 5.91 Å². The Morgan fingerprint density at radius 3 is 2.46 bits per heavy atom. The smallest absolute Gasteiger partial charge is 0.273 e. The minimum atomic E-state index is -0.227. The quantitative estimate of drug-likeness (QED) is 0.461. The molecule has 0 bridgehead atoms. The first kappa shape index (κ1) is 24.2. The summed E-state index contributed by atoms with van der Waals surface area (Å²) in [7, 11) is 0. The van der Waals surface area contributed by atoms with Crippen LogP contribution in [0.5, 0.6) is 0 Å². The number of nitrogens with one attached hydrogen (secondary N) is 1. The van der Waals surface area contributed by atoms with Crippen molar-refractivity contribution < 1.29 is 14.0 Å². The van der Waals surface area contributed by atoms with Gasteiger partial charge in [-0.2, -0.15) is 0 Å². The third kappa shape index (κ3) is 9.90. The monoisotopic (exact) mass is 393 g/mol. The fourth-order valence-electron chi connectivity index (χ4n) is 2.78. The number of rotatable bonds is 14. The minimum absolute atomic E-state index is 0.137. The van der Waals surface area contributed by atoms with Crippen LogP contribution in [0.25, 0.3) is 0 Å². The van der Waals surface area contributed by atoms with Crippen molar-refractivity contribution >= 4 is 11.8 Å². The molecule has 1 aromatic rings. The summed E-state index contributed by atoms with van der Waals surface area (Å²) in [6.07, 6.45) is 8.11. The molecule has 1 heterocycles. The van der Waals surface area contributed by atoms with Crippen LogP contribution in [0.1, 0.15) is 95.9 Å². The molecule has 0 radical (unpaired) electrons. The number of aromatic nitrogens is 1. The molecule has 160 valence electrons. The maximum atomic E-state index is 12.6. The molecular formula is C22H39N3O3. The van der Waals surface area contributed by atoms with Gasteiger partial charge in [0, 0.05) is 19.5 Å². The van der Waals surface area contributed by atoms with Gasteiger partial charge in [0.15, 0.2) is 5.69 Å². The highest BCUT2D eigenvalue weighted by Gasteiger charge is 2.18. The third-order valence-corrected chi connectivity index (χ3v) is 4.69. The van der Waals surface area contributed by atoms with Crippen molar-refractivity contribution in [1.82, 2.24) is 15.2 Å². The third-order valence-electron chi connectivity index (χ3n) is 4.69. The molecule has 0 unspecified atom stereocenters. The Balaban J connectivity index is 2.62. The topological polar surface area (TPSA) is 75.4 Å². The molecule has 6 nitrogen and oxygen atoms in total. The Morgan fingerprint density at radius 2 is 1.82 bits per heavy atom. The molecule has 1 rings (SSSR count). The molecule has 0 aliphatic heterocycles. The van der Waals surface area contributed by atoms with Gasteiger partial charge in [-0.1, -0.05) is 53.9 Å². The summed E-state index contributed by atoms with van der Waals surface area (Å²) in [5.74, 6) is 1.38. The predicted octanol–water partition coefficient (Wildman–Crippen LogP) is 4.80. The highest BCUT2D eigenvalue weighted by atomic mass is 16.3. The number of unbranched alkanes of at least 4 members (excludes halogenated alkanes) is 3. The Hall–Kier alpha value is -1.85. The summed E-state index contributed by atoms with van der Waals surface area (Å²) in [4.78, 5) is 30.9. The van der Waals surface area contributed by atoms with Crippen molar-refractivity contribution in [2.24, 2.45) is 11.8 Å².